The zero-order valence-corrected chi connectivity index (χ0v) is 34.3. The van der Waals surface area contributed by atoms with Crippen LogP contribution >= 0.6 is 0 Å². The molecule has 6 aromatic carbocycles. The summed E-state index contributed by atoms with van der Waals surface area (Å²) in [5.74, 6) is 2.21. The zero-order valence-electron chi connectivity index (χ0n) is 34.3. The highest BCUT2D eigenvalue weighted by Gasteiger charge is 2.35. The predicted molar refractivity (Wildman–Crippen MR) is 251 cm³/mol. The maximum atomic E-state index is 7.06. The van der Waals surface area contributed by atoms with Crippen LogP contribution in [0, 0.1) is 0 Å². The minimum Gasteiger partial charge on any atom is -0.464 e. The summed E-state index contributed by atoms with van der Waals surface area (Å²) in [5.41, 5.74) is 25.2. The van der Waals surface area contributed by atoms with Gasteiger partial charge in [0.15, 0.2) is 0 Å². The lowest BCUT2D eigenvalue weighted by Gasteiger charge is -2.22. The first-order chi connectivity index (χ1) is 29.2. The summed E-state index contributed by atoms with van der Waals surface area (Å²) >= 11 is 0. The Bertz CT molecular complexity index is 2980. The molecule has 10 rings (SSSR count). The van der Waals surface area contributed by atoms with E-state index in [0.29, 0.717) is 5.92 Å². The Labute approximate surface area is 352 Å². The van der Waals surface area contributed by atoms with E-state index >= 15 is 0 Å². The third kappa shape index (κ3) is 6.62. The van der Waals surface area contributed by atoms with Gasteiger partial charge in [-0.2, -0.15) is 0 Å². The van der Waals surface area contributed by atoms with Gasteiger partial charge in [0, 0.05) is 39.5 Å². The van der Waals surface area contributed by atoms with Gasteiger partial charge in [0.05, 0.1) is 6.26 Å². The minimum absolute atomic E-state index is 0.0370. The summed E-state index contributed by atoms with van der Waals surface area (Å²) in [4.78, 5) is 0. The van der Waals surface area contributed by atoms with Crippen LogP contribution < -0.4 is 10.5 Å². The summed E-state index contributed by atoms with van der Waals surface area (Å²) in [6.07, 6.45) is 19.5. The molecule has 1 aromatic heterocycles. The Morgan fingerprint density at radius 1 is 0.750 bits per heavy atom. The Hall–Kier alpha value is -6.94. The summed E-state index contributed by atoms with van der Waals surface area (Å²) in [6, 6.07) is 45.4. The number of ether oxygens (including phenoxy) is 1. The van der Waals surface area contributed by atoms with Crippen molar-refractivity contribution in [2.24, 2.45) is 5.73 Å². The first-order valence-electron chi connectivity index (χ1n) is 20.9. The van der Waals surface area contributed by atoms with E-state index in [2.05, 4.69) is 173 Å². The molecule has 2 heterocycles. The molecular weight excluding hydrogens is 731 g/mol. The maximum absolute atomic E-state index is 7.06. The van der Waals surface area contributed by atoms with Crippen LogP contribution in [-0.4, -0.2) is 0 Å². The summed E-state index contributed by atoms with van der Waals surface area (Å²) < 4.78 is 12.5. The van der Waals surface area contributed by atoms with Crippen molar-refractivity contribution in [3.05, 3.63) is 221 Å². The van der Waals surface area contributed by atoms with Gasteiger partial charge in [-0.15, -0.1) is 0 Å². The number of benzene rings is 6. The van der Waals surface area contributed by atoms with E-state index in [-0.39, 0.29) is 11.5 Å². The Morgan fingerprint density at radius 3 is 2.35 bits per heavy atom. The normalized spacial score (nSPS) is 17.9. The summed E-state index contributed by atoms with van der Waals surface area (Å²) in [6.45, 7) is 11.1. The molecule has 7 aromatic rings. The van der Waals surface area contributed by atoms with Crippen LogP contribution in [0.2, 0.25) is 0 Å². The minimum atomic E-state index is -0.356. The molecule has 0 fully saturated rings. The fourth-order valence-electron chi connectivity index (χ4n) is 9.19. The molecule has 3 nitrogen and oxygen atoms in total. The van der Waals surface area contributed by atoms with Crippen LogP contribution in [0.5, 0.6) is 5.75 Å². The van der Waals surface area contributed by atoms with Crippen LogP contribution in [0.1, 0.15) is 83.9 Å². The molecule has 2 N–H and O–H groups in total. The van der Waals surface area contributed by atoms with E-state index in [4.69, 9.17) is 14.9 Å². The molecule has 0 saturated carbocycles. The number of hydrogen-bond acceptors (Lipinski definition) is 3. The molecule has 292 valence electrons. The van der Waals surface area contributed by atoms with Crippen LogP contribution in [0.4, 0.5) is 0 Å². The van der Waals surface area contributed by atoms with Crippen molar-refractivity contribution in [2.45, 2.75) is 44.6 Å². The lowest BCUT2D eigenvalue weighted by molar-refractivity contribution is 0.481. The third-order valence-electron chi connectivity index (χ3n) is 12.6. The average Bonchev–Trinajstić information content (AvgIpc) is 3.76. The van der Waals surface area contributed by atoms with Crippen molar-refractivity contribution in [3.8, 4) is 39.1 Å². The Kier molecular flexibility index (Phi) is 9.35. The second-order valence-corrected chi connectivity index (χ2v) is 16.8. The second kappa shape index (κ2) is 15.0. The summed E-state index contributed by atoms with van der Waals surface area (Å²) in [7, 11) is 0. The molecule has 60 heavy (non-hydrogen) atoms. The average molecular weight is 778 g/mol. The number of para-hydroxylation sites is 1. The molecule has 1 aliphatic heterocycles. The fraction of sp³-hybridized carbons (Fsp3) is 0.123. The Balaban J connectivity index is 0.971. The highest BCUT2D eigenvalue weighted by Crippen LogP contribution is 2.49. The fourth-order valence-corrected chi connectivity index (χ4v) is 9.19. The van der Waals surface area contributed by atoms with Crippen molar-refractivity contribution in [3.63, 3.8) is 0 Å². The first-order valence-corrected chi connectivity index (χ1v) is 20.9. The van der Waals surface area contributed by atoms with Crippen molar-refractivity contribution < 1.29 is 9.15 Å². The molecule has 0 bridgehead atoms. The Morgan fingerprint density at radius 2 is 1.50 bits per heavy atom. The highest BCUT2D eigenvalue weighted by molar-refractivity contribution is 5.94. The number of hydrogen-bond donors (Lipinski definition) is 1. The molecule has 0 amide bonds. The van der Waals surface area contributed by atoms with Crippen LogP contribution in [0.25, 0.3) is 67.6 Å². The number of rotatable bonds is 7. The van der Waals surface area contributed by atoms with E-state index in [0.717, 1.165) is 73.4 Å². The molecule has 3 heteroatoms. The van der Waals surface area contributed by atoms with Crippen LogP contribution in [0.3, 0.4) is 0 Å². The number of fused-ring (bicyclic) bond motifs is 7. The lowest BCUT2D eigenvalue weighted by Crippen LogP contribution is -2.14. The van der Waals surface area contributed by atoms with Gasteiger partial charge in [0.25, 0.3) is 0 Å². The van der Waals surface area contributed by atoms with Gasteiger partial charge in [0.1, 0.15) is 17.1 Å². The molecular formula is C57H47NO2. The maximum Gasteiger partial charge on any atom is 0.142 e. The third-order valence-corrected chi connectivity index (χ3v) is 12.6. The van der Waals surface area contributed by atoms with Gasteiger partial charge in [-0.3, -0.25) is 0 Å². The van der Waals surface area contributed by atoms with Gasteiger partial charge in [-0.25, -0.2) is 0 Å². The van der Waals surface area contributed by atoms with Gasteiger partial charge in [0.2, 0.25) is 0 Å². The predicted octanol–water partition coefficient (Wildman–Crippen LogP) is 14.9. The summed E-state index contributed by atoms with van der Waals surface area (Å²) in [5, 5.41) is 1.13. The van der Waals surface area contributed by atoms with Crippen molar-refractivity contribution in [1.82, 2.24) is 0 Å². The molecule has 0 spiro atoms. The SMILES string of the molecule is C=C1/C=C\C=C/Oc2c1cccc2-c1ccc(C(N)/C=C(\C=C/c2ccc(-c3ccc4c(c3)C(C)(C)c3ccccc3-4)cc2)c2ccc3oc4c(c3c2)C=CCC4C)cc1. The quantitative estimate of drug-likeness (QED) is 0.164. The van der Waals surface area contributed by atoms with Gasteiger partial charge in [-0.05, 0) is 97.5 Å². The van der Waals surface area contributed by atoms with E-state index in [1.165, 1.54) is 38.9 Å². The molecule has 2 aliphatic carbocycles. The zero-order chi connectivity index (χ0) is 41.0. The number of allylic oxidation sites excluding steroid dienone is 7. The molecule has 0 radical (unpaired) electrons. The van der Waals surface area contributed by atoms with Gasteiger partial charge in [-0.1, -0.05) is 179 Å². The van der Waals surface area contributed by atoms with Crippen molar-refractivity contribution in [1.29, 1.82) is 0 Å². The monoisotopic (exact) mass is 777 g/mol. The van der Waals surface area contributed by atoms with Crippen LogP contribution in [0.15, 0.2) is 181 Å². The molecule has 0 saturated heterocycles. The van der Waals surface area contributed by atoms with E-state index in [1.807, 2.05) is 30.4 Å². The standard InChI is InChI=1S/C57H47NO2/c1-36-11-7-8-32-59-56-45(36)14-10-15-46(56)40-24-26-41(27-25-40)53(58)35-44(42-29-31-54-50(33-42)49-16-9-12-37(2)55(49)60-54)23-20-38-18-21-39(22-19-38)43-28-30-48-47-13-5-6-17-51(47)57(3,4)52(48)34-43/h5-11,13-35,37,53H,1,12,58H2,2-4H3/b11-7-,23-20-,32-8-,44-35+. The second-order valence-electron chi connectivity index (χ2n) is 16.8. The smallest absolute Gasteiger partial charge is 0.142 e. The van der Waals surface area contributed by atoms with Gasteiger partial charge < -0.3 is 14.9 Å². The van der Waals surface area contributed by atoms with Gasteiger partial charge >= 0.3 is 0 Å². The van der Waals surface area contributed by atoms with Crippen molar-refractivity contribution in [2.75, 3.05) is 0 Å². The lowest BCUT2D eigenvalue weighted by atomic mass is 9.81. The topological polar surface area (TPSA) is 48.4 Å². The van der Waals surface area contributed by atoms with Crippen LogP contribution in [-0.2, 0) is 5.41 Å². The first kappa shape index (κ1) is 37.3. The number of nitrogens with two attached hydrogens (primary N) is 1. The largest absolute Gasteiger partial charge is 0.464 e. The van der Waals surface area contributed by atoms with E-state index < -0.39 is 0 Å². The molecule has 2 unspecified atom stereocenters. The number of furan rings is 1. The highest BCUT2D eigenvalue weighted by atomic mass is 16.5. The van der Waals surface area contributed by atoms with E-state index in [9.17, 15) is 0 Å². The molecule has 2 atom stereocenters. The van der Waals surface area contributed by atoms with E-state index in [1.54, 1.807) is 6.26 Å². The molecule has 3 aliphatic rings. The van der Waals surface area contributed by atoms with Crippen molar-refractivity contribution >= 4 is 34.3 Å².